The molecular formula is C12H16ClF2NO2S. The van der Waals surface area contributed by atoms with Crippen LogP contribution in [0.5, 0.6) is 0 Å². The van der Waals surface area contributed by atoms with Crippen LogP contribution >= 0.6 is 11.6 Å². The van der Waals surface area contributed by atoms with Gasteiger partial charge >= 0.3 is 0 Å². The number of sulfone groups is 1. The van der Waals surface area contributed by atoms with Gasteiger partial charge in [0.2, 0.25) is 0 Å². The van der Waals surface area contributed by atoms with Crippen LogP contribution in [0.2, 0.25) is 5.02 Å². The van der Waals surface area contributed by atoms with Gasteiger partial charge in [-0.2, -0.15) is 0 Å². The summed E-state index contributed by atoms with van der Waals surface area (Å²) in [6.45, 7) is 3.00. The lowest BCUT2D eigenvalue weighted by Gasteiger charge is -2.33. The third-order valence-corrected chi connectivity index (χ3v) is 5.76. The van der Waals surface area contributed by atoms with Gasteiger partial charge in [-0.3, -0.25) is 0 Å². The SMILES string of the molecule is CNC(c1cc(F)c(F)cc1Cl)C(C)(C)S(C)(=O)=O. The average molecular weight is 312 g/mol. The zero-order valence-electron chi connectivity index (χ0n) is 11.1. The van der Waals surface area contributed by atoms with Crippen LogP contribution in [0, 0.1) is 11.6 Å². The average Bonchev–Trinajstić information content (AvgIpc) is 2.24. The number of hydrogen-bond donors (Lipinski definition) is 1. The Balaban J connectivity index is 3.45. The Morgan fingerprint density at radius 2 is 1.74 bits per heavy atom. The fraction of sp³-hybridized carbons (Fsp3) is 0.500. The van der Waals surface area contributed by atoms with Gasteiger partial charge in [0, 0.05) is 11.3 Å². The molecule has 0 radical (unpaired) electrons. The maximum Gasteiger partial charge on any atom is 0.160 e. The predicted molar refractivity (Wildman–Crippen MR) is 72.1 cm³/mol. The summed E-state index contributed by atoms with van der Waals surface area (Å²) in [6, 6.07) is 1.01. The molecule has 1 N–H and O–H groups in total. The van der Waals surface area contributed by atoms with Gasteiger partial charge < -0.3 is 5.32 Å². The molecule has 19 heavy (non-hydrogen) atoms. The quantitative estimate of drug-likeness (QED) is 0.870. The molecule has 108 valence electrons. The predicted octanol–water partition coefficient (Wildman–Crippen LogP) is 2.70. The van der Waals surface area contributed by atoms with Gasteiger partial charge in [-0.1, -0.05) is 11.6 Å². The van der Waals surface area contributed by atoms with Crippen LogP contribution in [0.1, 0.15) is 25.5 Å². The molecule has 1 aromatic carbocycles. The molecule has 0 saturated heterocycles. The largest absolute Gasteiger partial charge is 0.312 e. The smallest absolute Gasteiger partial charge is 0.160 e. The van der Waals surface area contributed by atoms with Gasteiger partial charge in [-0.05, 0) is 38.6 Å². The summed E-state index contributed by atoms with van der Waals surface area (Å²) in [5, 5.41) is 2.78. The summed E-state index contributed by atoms with van der Waals surface area (Å²) in [6.07, 6.45) is 1.09. The highest BCUT2D eigenvalue weighted by atomic mass is 35.5. The lowest BCUT2D eigenvalue weighted by molar-refractivity contribution is 0.440. The number of hydrogen-bond acceptors (Lipinski definition) is 3. The van der Waals surface area contributed by atoms with E-state index >= 15 is 0 Å². The van der Waals surface area contributed by atoms with Crippen molar-refractivity contribution in [3.63, 3.8) is 0 Å². The second-order valence-corrected chi connectivity index (χ2v) is 7.89. The van der Waals surface area contributed by atoms with E-state index < -0.39 is 32.3 Å². The first-order valence-corrected chi connectivity index (χ1v) is 7.80. The topological polar surface area (TPSA) is 46.2 Å². The molecule has 0 fully saturated rings. The molecule has 0 aromatic heterocycles. The second-order valence-electron chi connectivity index (χ2n) is 4.89. The first-order valence-electron chi connectivity index (χ1n) is 5.53. The molecule has 1 aromatic rings. The van der Waals surface area contributed by atoms with Crippen LogP contribution in [0.15, 0.2) is 12.1 Å². The van der Waals surface area contributed by atoms with Gasteiger partial charge in [0.25, 0.3) is 0 Å². The summed E-state index contributed by atoms with van der Waals surface area (Å²) in [5.74, 6) is -2.13. The van der Waals surface area contributed by atoms with Crippen molar-refractivity contribution in [1.82, 2.24) is 5.32 Å². The van der Waals surface area contributed by atoms with Crippen LogP contribution in [0.3, 0.4) is 0 Å². The van der Waals surface area contributed by atoms with Gasteiger partial charge in [0.05, 0.1) is 10.8 Å². The fourth-order valence-corrected chi connectivity index (χ4v) is 2.78. The first kappa shape index (κ1) is 16.3. The van der Waals surface area contributed by atoms with Crippen molar-refractivity contribution >= 4 is 21.4 Å². The molecule has 1 unspecified atom stereocenters. The lowest BCUT2D eigenvalue weighted by atomic mass is 9.95. The molecule has 1 atom stereocenters. The zero-order chi connectivity index (χ0) is 15.0. The van der Waals surface area contributed by atoms with E-state index in [-0.39, 0.29) is 10.6 Å². The van der Waals surface area contributed by atoms with Crippen molar-refractivity contribution in [1.29, 1.82) is 0 Å². The molecule has 0 amide bonds. The Bertz CT molecular complexity index is 588. The molecule has 3 nitrogen and oxygen atoms in total. The van der Waals surface area contributed by atoms with Crippen LogP contribution in [-0.2, 0) is 9.84 Å². The summed E-state index contributed by atoms with van der Waals surface area (Å²) in [4.78, 5) is 0. The van der Waals surface area contributed by atoms with Gasteiger partial charge in [-0.25, -0.2) is 17.2 Å². The molecule has 0 aliphatic rings. The Labute approximate surface area is 116 Å². The fourth-order valence-electron chi connectivity index (χ4n) is 1.85. The number of benzene rings is 1. The van der Waals surface area contributed by atoms with Gasteiger partial charge in [0.1, 0.15) is 0 Å². The maximum absolute atomic E-state index is 13.3. The highest BCUT2D eigenvalue weighted by Gasteiger charge is 2.40. The second kappa shape index (κ2) is 5.34. The van der Waals surface area contributed by atoms with E-state index in [9.17, 15) is 17.2 Å². The van der Waals surface area contributed by atoms with Crippen molar-refractivity contribution in [2.45, 2.75) is 24.6 Å². The highest BCUT2D eigenvalue weighted by molar-refractivity contribution is 7.92. The van der Waals surface area contributed by atoms with Crippen LogP contribution in [0.4, 0.5) is 8.78 Å². The van der Waals surface area contributed by atoms with Crippen molar-refractivity contribution in [3.8, 4) is 0 Å². The van der Waals surface area contributed by atoms with Crippen molar-refractivity contribution < 1.29 is 17.2 Å². The zero-order valence-corrected chi connectivity index (χ0v) is 12.7. The summed E-state index contributed by atoms with van der Waals surface area (Å²) in [5.41, 5.74) is 0.207. The standard InChI is InChI=1S/C12H16ClF2NO2S/c1-12(2,19(4,17)18)11(16-3)7-5-9(14)10(15)6-8(7)13/h5-6,11,16H,1-4H3. The Morgan fingerprint density at radius 1 is 1.26 bits per heavy atom. The number of nitrogens with one attached hydrogen (secondary N) is 1. The van der Waals surface area contributed by atoms with Gasteiger partial charge in [-0.15, -0.1) is 0 Å². The molecule has 7 heteroatoms. The molecule has 1 rings (SSSR count). The normalized spacial score (nSPS) is 14.5. The molecule has 0 aliphatic heterocycles. The van der Waals surface area contributed by atoms with Crippen LogP contribution < -0.4 is 5.32 Å². The highest BCUT2D eigenvalue weighted by Crippen LogP contribution is 2.36. The molecule has 0 aliphatic carbocycles. The van der Waals surface area contributed by atoms with Crippen LogP contribution in [-0.4, -0.2) is 26.5 Å². The Hall–Kier alpha value is -0.720. The minimum atomic E-state index is -3.44. The summed E-state index contributed by atoms with van der Waals surface area (Å²) < 4.78 is 48.8. The third-order valence-electron chi connectivity index (χ3n) is 3.29. The number of rotatable bonds is 4. The van der Waals surface area contributed by atoms with Crippen molar-refractivity contribution in [3.05, 3.63) is 34.4 Å². The van der Waals surface area contributed by atoms with Crippen LogP contribution in [0.25, 0.3) is 0 Å². The van der Waals surface area contributed by atoms with E-state index in [4.69, 9.17) is 11.6 Å². The molecule has 0 saturated carbocycles. The maximum atomic E-state index is 13.3. The minimum Gasteiger partial charge on any atom is -0.312 e. The van der Waals surface area contributed by atoms with E-state index in [0.717, 1.165) is 18.4 Å². The van der Waals surface area contributed by atoms with Gasteiger partial charge in [0.15, 0.2) is 21.5 Å². The Kier molecular flexibility index (Phi) is 4.59. The van der Waals surface area contributed by atoms with Crippen molar-refractivity contribution in [2.75, 3.05) is 13.3 Å². The molecular weight excluding hydrogens is 296 g/mol. The van der Waals surface area contributed by atoms with E-state index in [2.05, 4.69) is 5.32 Å². The van der Waals surface area contributed by atoms with Crippen molar-refractivity contribution in [2.24, 2.45) is 0 Å². The minimum absolute atomic E-state index is 0.0185. The lowest BCUT2D eigenvalue weighted by Crippen LogP contribution is -2.44. The molecule has 0 bridgehead atoms. The first-order chi connectivity index (χ1) is 8.52. The summed E-state index contributed by atoms with van der Waals surface area (Å²) in [7, 11) is -1.90. The van der Waals surface area contributed by atoms with E-state index in [0.29, 0.717) is 0 Å². The summed E-state index contributed by atoms with van der Waals surface area (Å²) >= 11 is 5.89. The number of halogens is 3. The molecule has 0 spiro atoms. The van der Waals surface area contributed by atoms with E-state index in [1.807, 2.05) is 0 Å². The molecule has 0 heterocycles. The van der Waals surface area contributed by atoms with E-state index in [1.165, 1.54) is 20.9 Å². The third kappa shape index (κ3) is 3.07. The Morgan fingerprint density at radius 3 is 2.16 bits per heavy atom. The van der Waals surface area contributed by atoms with E-state index in [1.54, 1.807) is 0 Å². The monoisotopic (exact) mass is 311 g/mol.